The third kappa shape index (κ3) is 14.8. The summed E-state index contributed by atoms with van der Waals surface area (Å²) in [6.07, 6.45) is 28.1. The molecule has 5 heteroatoms. The van der Waals surface area contributed by atoms with Crippen LogP contribution >= 0.6 is 0 Å². The van der Waals surface area contributed by atoms with E-state index in [2.05, 4.69) is 140 Å². The van der Waals surface area contributed by atoms with Gasteiger partial charge in [-0.1, -0.05) is 80.7 Å². The maximum Gasteiger partial charge on any atom is 0.172 e. The van der Waals surface area contributed by atoms with Crippen molar-refractivity contribution in [1.29, 1.82) is 5.41 Å². The van der Waals surface area contributed by atoms with Crippen LogP contribution in [0, 0.1) is 12.3 Å². The van der Waals surface area contributed by atoms with Gasteiger partial charge in [0, 0.05) is 61.8 Å². The Morgan fingerprint density at radius 1 is 0.686 bits per heavy atom. The molecule has 0 aliphatic rings. The molecule has 0 radical (unpaired) electrons. The highest BCUT2D eigenvalue weighted by atomic mass is 16.5. The molecule has 0 saturated heterocycles. The van der Waals surface area contributed by atoms with E-state index in [1.54, 1.807) is 0 Å². The molecule has 0 fully saturated rings. The van der Waals surface area contributed by atoms with Gasteiger partial charge < -0.3 is 19.9 Å². The average Bonchev–Trinajstić information content (AvgIpc) is 3.15. The predicted molar refractivity (Wildman–Crippen MR) is 223 cm³/mol. The average molecular weight is 690 g/mol. The van der Waals surface area contributed by atoms with E-state index >= 15 is 0 Å². The quantitative estimate of drug-likeness (QED) is 0.0335. The maximum absolute atomic E-state index is 7.59. The zero-order valence-electron chi connectivity index (χ0n) is 32.5. The lowest BCUT2D eigenvalue weighted by atomic mass is 10.1. The Bertz CT molecular complexity index is 1540. The van der Waals surface area contributed by atoms with E-state index < -0.39 is 0 Å². The molecule has 274 valence electrons. The molecular formula is C46H65N4O+. The number of aromatic nitrogens is 1. The molecule has 51 heavy (non-hydrogen) atoms. The van der Waals surface area contributed by atoms with Gasteiger partial charge in [-0.2, -0.15) is 0 Å². The first-order chi connectivity index (χ1) is 24.9. The van der Waals surface area contributed by atoms with Crippen molar-refractivity contribution in [2.75, 3.05) is 42.6 Å². The molecule has 0 spiro atoms. The smallest absolute Gasteiger partial charge is 0.172 e. The monoisotopic (exact) mass is 690 g/mol. The van der Waals surface area contributed by atoms with E-state index in [9.17, 15) is 0 Å². The van der Waals surface area contributed by atoms with E-state index in [1.807, 2.05) is 19.3 Å². The topological polar surface area (TPSA) is 43.4 Å². The number of ether oxygens (including phenoxy) is 1. The van der Waals surface area contributed by atoms with E-state index in [0.717, 1.165) is 62.5 Å². The highest BCUT2D eigenvalue weighted by Crippen LogP contribution is 2.19. The van der Waals surface area contributed by atoms with Crippen LogP contribution < -0.4 is 14.4 Å². The lowest BCUT2D eigenvalue weighted by Crippen LogP contribution is -2.33. The zero-order chi connectivity index (χ0) is 36.7. The number of rotatable bonds is 24. The number of hydrogen-bond donors (Lipinski definition) is 1. The Morgan fingerprint density at radius 3 is 1.75 bits per heavy atom. The van der Waals surface area contributed by atoms with Gasteiger partial charge in [0.2, 0.25) is 0 Å². The number of anilines is 2. The minimum atomic E-state index is 0.737. The fourth-order valence-electron chi connectivity index (χ4n) is 6.34. The molecule has 5 nitrogen and oxygen atoms in total. The molecule has 1 heterocycles. The van der Waals surface area contributed by atoms with Crippen LogP contribution in [-0.2, 0) is 11.3 Å². The van der Waals surface area contributed by atoms with Crippen molar-refractivity contribution < 1.29 is 9.30 Å². The standard InChI is InChI=1S/C46H65N4O/c1-7-49(8-2)45-27-21-41(22-28-45)19-25-43(31-33-47)40(6)38-51-36-18-16-14-12-11-13-15-17-34-48-35-32-44(39(5)37-48)26-20-42-23-29-46(30-24-42)50(9-3)10-4/h19-33,35,37-38,47H,7-18,34,36H2,1-6H3/q+1/b25-19+,40-38-,43-31-,47-33?. The predicted octanol–water partition coefficient (Wildman–Crippen LogP) is 11.5. The summed E-state index contributed by atoms with van der Waals surface area (Å²) in [7, 11) is 0. The van der Waals surface area contributed by atoms with Crippen LogP contribution in [0.25, 0.3) is 18.2 Å². The molecule has 0 saturated carbocycles. The van der Waals surface area contributed by atoms with Crippen molar-refractivity contribution in [1.82, 2.24) is 0 Å². The van der Waals surface area contributed by atoms with Crippen molar-refractivity contribution in [3.05, 3.63) is 119 Å². The van der Waals surface area contributed by atoms with Gasteiger partial charge in [-0.05, 0) is 113 Å². The van der Waals surface area contributed by atoms with Crippen LogP contribution in [0.1, 0.15) is 108 Å². The minimum Gasteiger partial charge on any atom is -0.501 e. The second-order valence-electron chi connectivity index (χ2n) is 13.3. The van der Waals surface area contributed by atoms with Gasteiger partial charge in [0.05, 0.1) is 12.9 Å². The first-order valence-corrected chi connectivity index (χ1v) is 19.5. The molecule has 0 amide bonds. The number of allylic oxidation sites excluding steroid dienone is 4. The second kappa shape index (κ2) is 23.9. The van der Waals surface area contributed by atoms with E-state index in [1.165, 1.54) is 79.2 Å². The first-order valence-electron chi connectivity index (χ1n) is 19.5. The highest BCUT2D eigenvalue weighted by Gasteiger charge is 2.06. The molecule has 0 bridgehead atoms. The van der Waals surface area contributed by atoms with Crippen molar-refractivity contribution in [3.63, 3.8) is 0 Å². The number of nitrogens with zero attached hydrogens (tertiary/aromatic N) is 3. The summed E-state index contributed by atoms with van der Waals surface area (Å²) in [5.41, 5.74) is 9.53. The Labute approximate surface area is 310 Å². The number of hydrogen-bond acceptors (Lipinski definition) is 4. The molecule has 0 atom stereocenters. The molecule has 1 N–H and O–H groups in total. The Hall–Kier alpha value is -4.38. The summed E-state index contributed by atoms with van der Waals surface area (Å²) in [6, 6.07) is 19.7. The summed E-state index contributed by atoms with van der Waals surface area (Å²) in [5.74, 6) is 0. The summed E-state index contributed by atoms with van der Waals surface area (Å²) in [6.45, 7) is 18.9. The fourth-order valence-corrected chi connectivity index (χ4v) is 6.34. The van der Waals surface area contributed by atoms with Gasteiger partial charge in [0.15, 0.2) is 12.4 Å². The number of nitrogens with one attached hydrogen (secondary N) is 1. The molecule has 2 aromatic carbocycles. The van der Waals surface area contributed by atoms with Crippen LogP contribution in [0.3, 0.4) is 0 Å². The van der Waals surface area contributed by atoms with Gasteiger partial charge in [0.1, 0.15) is 6.54 Å². The van der Waals surface area contributed by atoms with Crippen molar-refractivity contribution >= 4 is 35.8 Å². The summed E-state index contributed by atoms with van der Waals surface area (Å²) < 4.78 is 8.23. The first kappa shape index (κ1) is 41.0. The summed E-state index contributed by atoms with van der Waals surface area (Å²) >= 11 is 0. The summed E-state index contributed by atoms with van der Waals surface area (Å²) in [5, 5.41) is 7.59. The van der Waals surface area contributed by atoms with Crippen LogP contribution in [-0.4, -0.2) is 39.0 Å². The van der Waals surface area contributed by atoms with Gasteiger partial charge in [-0.3, -0.25) is 0 Å². The zero-order valence-corrected chi connectivity index (χ0v) is 32.5. The Morgan fingerprint density at radius 2 is 1.22 bits per heavy atom. The minimum absolute atomic E-state index is 0.737. The number of unbranched alkanes of at least 4 members (excludes halogenated alkanes) is 7. The molecule has 0 aliphatic heterocycles. The number of pyridine rings is 1. The van der Waals surface area contributed by atoms with Crippen LogP contribution in [0.2, 0.25) is 0 Å². The lowest BCUT2D eigenvalue weighted by Gasteiger charge is -2.20. The fraction of sp³-hybridized carbons (Fsp3) is 0.435. The van der Waals surface area contributed by atoms with Gasteiger partial charge in [-0.25, -0.2) is 4.57 Å². The number of benzene rings is 2. The largest absolute Gasteiger partial charge is 0.501 e. The Kier molecular flexibility index (Phi) is 19.3. The molecule has 0 unspecified atom stereocenters. The number of aryl methyl sites for hydroxylation is 2. The van der Waals surface area contributed by atoms with E-state index in [-0.39, 0.29) is 0 Å². The molecule has 0 aliphatic carbocycles. The van der Waals surface area contributed by atoms with Crippen LogP contribution in [0.15, 0.2) is 96.6 Å². The molecule has 3 rings (SSSR count). The van der Waals surface area contributed by atoms with Crippen molar-refractivity contribution in [3.8, 4) is 0 Å². The van der Waals surface area contributed by atoms with E-state index in [4.69, 9.17) is 10.1 Å². The molecule has 1 aromatic heterocycles. The second-order valence-corrected chi connectivity index (χ2v) is 13.3. The van der Waals surface area contributed by atoms with Gasteiger partial charge >= 0.3 is 0 Å². The maximum atomic E-state index is 7.59. The van der Waals surface area contributed by atoms with E-state index in [0.29, 0.717) is 0 Å². The highest BCUT2D eigenvalue weighted by molar-refractivity contribution is 5.73. The molecule has 3 aromatic rings. The van der Waals surface area contributed by atoms with Crippen molar-refractivity contribution in [2.45, 2.75) is 99.5 Å². The lowest BCUT2D eigenvalue weighted by molar-refractivity contribution is -0.697. The SMILES string of the molecule is CCN(CC)c1ccc(/C=C/C(=C/C=N)C(/C)=C\OCCCCCCCCCC[n+]2ccc(/C=C/c3ccc(N(CC)CC)cc3)c(C)c2)cc1. The van der Waals surface area contributed by atoms with Gasteiger partial charge in [-0.15, -0.1) is 0 Å². The van der Waals surface area contributed by atoms with Crippen LogP contribution in [0.4, 0.5) is 11.4 Å². The molecular weight excluding hydrogens is 625 g/mol. The van der Waals surface area contributed by atoms with Crippen molar-refractivity contribution in [2.24, 2.45) is 0 Å². The normalized spacial score (nSPS) is 12.2. The third-order valence-corrected chi connectivity index (χ3v) is 9.62. The summed E-state index contributed by atoms with van der Waals surface area (Å²) in [4.78, 5) is 4.71. The van der Waals surface area contributed by atoms with Crippen LogP contribution in [0.5, 0.6) is 0 Å². The Balaban J connectivity index is 1.26. The third-order valence-electron chi connectivity index (χ3n) is 9.62. The van der Waals surface area contributed by atoms with Gasteiger partial charge in [0.25, 0.3) is 0 Å².